The van der Waals surface area contributed by atoms with Crippen molar-refractivity contribution in [3.63, 3.8) is 0 Å². The predicted octanol–water partition coefficient (Wildman–Crippen LogP) is -3.79. The lowest BCUT2D eigenvalue weighted by Gasteiger charge is -2.46. The lowest BCUT2D eigenvalue weighted by molar-refractivity contribution is -0.297. The van der Waals surface area contributed by atoms with Gasteiger partial charge in [-0.2, -0.15) is 0 Å². The number of rotatable bonds is 10. The van der Waals surface area contributed by atoms with E-state index < -0.39 is 117 Å². The third kappa shape index (κ3) is 7.42. The number of hydrogen-bond acceptors (Lipinski definition) is 16. The van der Waals surface area contributed by atoms with Gasteiger partial charge < -0.3 is 82.6 Å². The van der Waals surface area contributed by atoms with E-state index >= 15 is 0 Å². The van der Waals surface area contributed by atoms with Gasteiger partial charge in [0, 0.05) is 24.5 Å². The first-order valence-corrected chi connectivity index (χ1v) is 16.0. The fraction of sp³-hybridized carbons (Fsp3) is 0.800. The van der Waals surface area contributed by atoms with Crippen LogP contribution in [0.3, 0.4) is 0 Å². The normalized spacial score (nSPS) is 47.5. The number of aliphatic hydroxyl groups excluding tert-OH is 5. The van der Waals surface area contributed by atoms with Crippen LogP contribution in [0.5, 0.6) is 0 Å². The third-order valence-electron chi connectivity index (χ3n) is 9.68. The Morgan fingerprint density at radius 3 is 2.07 bits per heavy atom. The summed E-state index contributed by atoms with van der Waals surface area (Å²) < 4.78 is 36.3. The summed E-state index contributed by atoms with van der Waals surface area (Å²) in [4.78, 5) is 0. The second-order valence-corrected chi connectivity index (χ2v) is 12.9. The summed E-state index contributed by atoms with van der Waals surface area (Å²) in [5.41, 5.74) is 32.2. The Morgan fingerprint density at radius 2 is 1.39 bits per heavy atom. The lowest BCUT2D eigenvalue weighted by atomic mass is 9.84. The molecule has 5 rings (SSSR count). The van der Waals surface area contributed by atoms with Crippen LogP contribution >= 0.6 is 0 Å². The maximum Gasteiger partial charge on any atom is 0.187 e. The SMILES string of the molecule is C[C@H]1C(O[C@H]2[C@@H](O)[C@H](O[C@@H]3[C@@H](O)[C@H](N)C[C@H](N)[C@H]3O[C@H]3O[C@H]([C@@H](N)c4ccccc4)CC[C@H]3N)O[C@@H]2CO)O[C@@H](CN)[C@@H](O)[C@@H]1O. The summed E-state index contributed by atoms with van der Waals surface area (Å²) >= 11 is 0. The molecule has 0 aromatic heterocycles. The first-order chi connectivity index (χ1) is 21.9. The zero-order valence-corrected chi connectivity index (χ0v) is 25.9. The molecule has 262 valence electrons. The third-order valence-corrected chi connectivity index (χ3v) is 9.68. The van der Waals surface area contributed by atoms with Crippen molar-refractivity contribution in [2.45, 2.75) is 130 Å². The van der Waals surface area contributed by atoms with Gasteiger partial charge in [-0.05, 0) is 24.8 Å². The first kappa shape index (κ1) is 35.9. The van der Waals surface area contributed by atoms with E-state index in [1.54, 1.807) is 6.92 Å². The van der Waals surface area contributed by atoms with E-state index in [1.165, 1.54) is 0 Å². The second-order valence-electron chi connectivity index (χ2n) is 12.9. The molecule has 4 fully saturated rings. The number of ether oxygens (including phenoxy) is 6. The molecule has 18 atom stereocenters. The zero-order valence-electron chi connectivity index (χ0n) is 25.9. The van der Waals surface area contributed by atoms with Crippen LogP contribution < -0.4 is 28.7 Å². The van der Waals surface area contributed by atoms with E-state index in [2.05, 4.69) is 0 Å². The zero-order chi connectivity index (χ0) is 33.3. The molecule has 0 bridgehead atoms. The Labute approximate surface area is 268 Å². The molecule has 0 amide bonds. The van der Waals surface area contributed by atoms with Crippen molar-refractivity contribution in [3.8, 4) is 0 Å². The minimum absolute atomic E-state index is 0.0849. The van der Waals surface area contributed by atoms with Gasteiger partial charge in [-0.15, -0.1) is 0 Å². The smallest absolute Gasteiger partial charge is 0.187 e. The van der Waals surface area contributed by atoms with E-state index in [4.69, 9.17) is 57.1 Å². The highest BCUT2D eigenvalue weighted by atomic mass is 16.8. The molecule has 15 N–H and O–H groups in total. The summed E-state index contributed by atoms with van der Waals surface area (Å²) in [6, 6.07) is 7.10. The molecule has 4 aliphatic rings. The van der Waals surface area contributed by atoms with Gasteiger partial charge in [0.2, 0.25) is 0 Å². The maximum atomic E-state index is 11.3. The molecule has 16 heteroatoms. The minimum atomic E-state index is -1.49. The highest BCUT2D eigenvalue weighted by molar-refractivity contribution is 5.20. The van der Waals surface area contributed by atoms with Crippen LogP contribution in [0.4, 0.5) is 0 Å². The Balaban J connectivity index is 1.29. The standard InChI is InChI=1S/C30H51N5O11/c1-12-21(37)23(39)18(10-31)42-28(12)45-26-19(11-36)43-30(24(26)40)46-27-22(38)15(33)9-16(34)25(27)44-29-14(32)7-8-17(41-29)20(35)13-5-3-2-4-6-13/h2-6,12,14-30,36-40H,7-11,31-35H2,1H3/t12-,14-,15-,16+,17+,18+,19-,20+,21-,22+,23-,24-,25-,26-,27-,28?,29-,30+/m1/s1. The number of hydrogen-bond donors (Lipinski definition) is 10. The average Bonchev–Trinajstić information content (AvgIpc) is 3.35. The number of benzene rings is 1. The van der Waals surface area contributed by atoms with Crippen molar-refractivity contribution in [3.05, 3.63) is 35.9 Å². The lowest BCUT2D eigenvalue weighted by Crippen LogP contribution is -2.65. The predicted molar refractivity (Wildman–Crippen MR) is 161 cm³/mol. The molecular formula is C30H51N5O11. The molecule has 3 saturated heterocycles. The van der Waals surface area contributed by atoms with Gasteiger partial charge in [-0.25, -0.2) is 0 Å². The van der Waals surface area contributed by atoms with Gasteiger partial charge in [0.15, 0.2) is 18.9 Å². The summed E-state index contributed by atoms with van der Waals surface area (Å²) in [6.45, 7) is 0.959. The Bertz CT molecular complexity index is 1100. The van der Waals surface area contributed by atoms with Crippen LogP contribution in [0.25, 0.3) is 0 Å². The molecule has 0 radical (unpaired) electrons. The average molecular weight is 658 g/mol. The van der Waals surface area contributed by atoms with E-state index in [0.717, 1.165) is 5.56 Å². The molecule has 46 heavy (non-hydrogen) atoms. The largest absolute Gasteiger partial charge is 0.394 e. The molecule has 16 nitrogen and oxygen atoms in total. The van der Waals surface area contributed by atoms with Crippen LogP contribution in [-0.4, -0.2) is 137 Å². The maximum absolute atomic E-state index is 11.3. The van der Waals surface area contributed by atoms with Crippen molar-refractivity contribution in [2.75, 3.05) is 13.2 Å². The van der Waals surface area contributed by atoms with Crippen LogP contribution in [0.1, 0.15) is 37.8 Å². The minimum Gasteiger partial charge on any atom is -0.394 e. The van der Waals surface area contributed by atoms with Crippen LogP contribution in [0, 0.1) is 5.92 Å². The van der Waals surface area contributed by atoms with Gasteiger partial charge >= 0.3 is 0 Å². The highest BCUT2D eigenvalue weighted by Gasteiger charge is 2.53. The summed E-state index contributed by atoms with van der Waals surface area (Å²) in [7, 11) is 0. The Kier molecular flexibility index (Phi) is 12.0. The van der Waals surface area contributed by atoms with E-state index in [-0.39, 0.29) is 13.0 Å². The quantitative estimate of drug-likeness (QED) is 0.115. The van der Waals surface area contributed by atoms with E-state index in [9.17, 15) is 25.5 Å². The Hall–Kier alpha value is -1.42. The molecule has 1 aromatic rings. The van der Waals surface area contributed by atoms with Gasteiger partial charge in [0.25, 0.3) is 0 Å². The van der Waals surface area contributed by atoms with Crippen LogP contribution in [0.15, 0.2) is 30.3 Å². The number of nitrogens with two attached hydrogens (primary N) is 5. The van der Waals surface area contributed by atoms with Gasteiger partial charge in [-0.3, -0.25) is 0 Å². The van der Waals surface area contributed by atoms with Crippen LogP contribution in [0.2, 0.25) is 0 Å². The second kappa shape index (κ2) is 15.4. The Morgan fingerprint density at radius 1 is 0.739 bits per heavy atom. The molecule has 3 heterocycles. The molecular weight excluding hydrogens is 606 g/mol. The first-order valence-electron chi connectivity index (χ1n) is 16.0. The highest BCUT2D eigenvalue weighted by Crippen LogP contribution is 2.36. The molecule has 1 unspecified atom stereocenters. The summed E-state index contributed by atoms with van der Waals surface area (Å²) in [5, 5.41) is 53.3. The molecule has 3 aliphatic heterocycles. The topological polar surface area (TPSA) is 287 Å². The van der Waals surface area contributed by atoms with E-state index in [0.29, 0.717) is 12.8 Å². The van der Waals surface area contributed by atoms with Crippen molar-refractivity contribution in [1.82, 2.24) is 0 Å². The van der Waals surface area contributed by atoms with Crippen molar-refractivity contribution in [2.24, 2.45) is 34.6 Å². The summed E-state index contributed by atoms with van der Waals surface area (Å²) in [6.07, 6.45) is -13.0. The number of aliphatic hydroxyl groups is 5. The van der Waals surface area contributed by atoms with Crippen LogP contribution in [-0.2, 0) is 28.4 Å². The molecule has 1 aromatic carbocycles. The molecule has 1 aliphatic carbocycles. The molecule has 0 spiro atoms. The van der Waals surface area contributed by atoms with E-state index in [1.807, 2.05) is 30.3 Å². The van der Waals surface area contributed by atoms with Crippen molar-refractivity contribution in [1.29, 1.82) is 0 Å². The van der Waals surface area contributed by atoms with Gasteiger partial charge in [0.05, 0.1) is 37.0 Å². The van der Waals surface area contributed by atoms with Gasteiger partial charge in [0.1, 0.15) is 42.7 Å². The van der Waals surface area contributed by atoms with Crippen molar-refractivity contribution >= 4 is 0 Å². The summed E-state index contributed by atoms with van der Waals surface area (Å²) in [5.74, 6) is -0.711. The molecule has 1 saturated carbocycles. The monoisotopic (exact) mass is 657 g/mol. The fourth-order valence-electron chi connectivity index (χ4n) is 6.74. The van der Waals surface area contributed by atoms with Crippen molar-refractivity contribution < 1.29 is 54.0 Å². The fourth-order valence-corrected chi connectivity index (χ4v) is 6.74. The van der Waals surface area contributed by atoms with Gasteiger partial charge in [-0.1, -0.05) is 37.3 Å².